The van der Waals surface area contributed by atoms with Gasteiger partial charge in [0.05, 0.1) is 18.8 Å². The molecule has 2 N–H and O–H groups in total. The number of aliphatic hydroxyl groups excluding tert-OH is 1. The lowest BCUT2D eigenvalue weighted by Gasteiger charge is -2.29. The van der Waals surface area contributed by atoms with E-state index in [-0.39, 0.29) is 17.5 Å². The third kappa shape index (κ3) is 2.10. The Morgan fingerprint density at radius 2 is 1.71 bits per heavy atom. The van der Waals surface area contributed by atoms with Crippen molar-refractivity contribution >= 4 is 9.84 Å². The second kappa shape index (κ2) is 3.79. The topological polar surface area (TPSA) is 58.8 Å². The highest BCUT2D eigenvalue weighted by atomic mass is 32.2. The lowest BCUT2D eigenvalue weighted by molar-refractivity contribution is -0.929. The maximum atomic E-state index is 11.3. The van der Waals surface area contributed by atoms with Crippen LogP contribution in [0.3, 0.4) is 0 Å². The summed E-state index contributed by atoms with van der Waals surface area (Å²) in [6.45, 7) is 2.05. The molecule has 2 saturated heterocycles. The molecule has 2 rings (SSSR count). The zero-order valence-corrected chi connectivity index (χ0v) is 9.09. The minimum absolute atomic E-state index is 0.0266. The van der Waals surface area contributed by atoms with E-state index >= 15 is 0 Å². The Balaban J connectivity index is 2.04. The molecule has 0 aromatic carbocycles. The first-order valence-corrected chi connectivity index (χ1v) is 7.14. The minimum atomic E-state index is -2.96. The molecule has 2 aliphatic heterocycles. The zero-order chi connectivity index (χ0) is 10.2. The molecule has 0 aliphatic carbocycles. The molecule has 0 saturated carbocycles. The lowest BCUT2D eigenvalue weighted by Crippen LogP contribution is -3.18. The Morgan fingerprint density at radius 3 is 2.21 bits per heavy atom. The van der Waals surface area contributed by atoms with Crippen molar-refractivity contribution in [2.75, 3.05) is 24.6 Å². The van der Waals surface area contributed by atoms with Crippen LogP contribution in [-0.4, -0.2) is 50.3 Å². The highest BCUT2D eigenvalue weighted by Crippen LogP contribution is 2.11. The molecule has 2 fully saturated rings. The van der Waals surface area contributed by atoms with Crippen LogP contribution in [0.4, 0.5) is 0 Å². The molecule has 14 heavy (non-hydrogen) atoms. The van der Waals surface area contributed by atoms with Gasteiger partial charge in [0, 0.05) is 0 Å². The van der Waals surface area contributed by atoms with Crippen LogP contribution in [0.5, 0.6) is 0 Å². The summed E-state index contributed by atoms with van der Waals surface area (Å²) in [6, 6.07) is -0.0553. The fourth-order valence-corrected chi connectivity index (χ4v) is 4.49. The molecule has 0 spiro atoms. The maximum Gasteiger partial charge on any atom is 0.159 e. The van der Waals surface area contributed by atoms with Crippen LogP contribution in [0.1, 0.15) is 19.3 Å². The predicted molar refractivity (Wildman–Crippen MR) is 53.0 cm³/mol. The van der Waals surface area contributed by atoms with E-state index in [0.717, 1.165) is 13.1 Å². The summed E-state index contributed by atoms with van der Waals surface area (Å²) in [5.41, 5.74) is 0. The predicted octanol–water partition coefficient (Wildman–Crippen LogP) is -1.79. The standard InChI is InChI=1S/C9H17NO3S/c11-9-7-14(12,13)6-8(9)10-4-2-1-3-5-10/h8-9,11H,1-7H2/p+1/t8-,9+/m0/s1. The van der Waals surface area contributed by atoms with Gasteiger partial charge < -0.3 is 10.0 Å². The van der Waals surface area contributed by atoms with Gasteiger partial charge in [0.2, 0.25) is 0 Å². The average Bonchev–Trinajstić information content (AvgIpc) is 2.41. The van der Waals surface area contributed by atoms with Crippen molar-refractivity contribution in [1.82, 2.24) is 0 Å². The van der Waals surface area contributed by atoms with Crippen molar-refractivity contribution in [3.63, 3.8) is 0 Å². The van der Waals surface area contributed by atoms with Crippen LogP contribution in [0.15, 0.2) is 0 Å². The molecule has 2 heterocycles. The van der Waals surface area contributed by atoms with Crippen LogP contribution >= 0.6 is 0 Å². The van der Waals surface area contributed by atoms with Gasteiger partial charge in [-0.1, -0.05) is 0 Å². The van der Waals surface area contributed by atoms with Crippen molar-refractivity contribution in [2.45, 2.75) is 31.4 Å². The molecule has 0 aromatic rings. The molecule has 5 heteroatoms. The SMILES string of the molecule is O=S1(=O)C[C@@H](O)[C@@H]([NH+]2CCCCC2)C1. The highest BCUT2D eigenvalue weighted by molar-refractivity contribution is 7.91. The zero-order valence-electron chi connectivity index (χ0n) is 8.28. The summed E-state index contributed by atoms with van der Waals surface area (Å²) in [6.07, 6.45) is 2.95. The molecule has 2 atom stereocenters. The van der Waals surface area contributed by atoms with Crippen LogP contribution in [0.2, 0.25) is 0 Å². The number of hydrogen-bond donors (Lipinski definition) is 2. The number of aliphatic hydroxyl groups is 1. The van der Waals surface area contributed by atoms with E-state index in [2.05, 4.69) is 0 Å². The third-order valence-electron chi connectivity index (χ3n) is 3.34. The van der Waals surface area contributed by atoms with E-state index in [1.165, 1.54) is 24.2 Å². The van der Waals surface area contributed by atoms with Crippen LogP contribution in [-0.2, 0) is 9.84 Å². The molecule has 82 valence electrons. The second-order valence-corrected chi connectivity index (χ2v) is 6.62. The van der Waals surface area contributed by atoms with Gasteiger partial charge in [-0.3, -0.25) is 0 Å². The Labute approximate surface area is 84.8 Å². The number of sulfone groups is 1. The summed E-state index contributed by atoms with van der Waals surface area (Å²) in [5.74, 6) is 0.157. The van der Waals surface area contributed by atoms with E-state index < -0.39 is 15.9 Å². The molecular formula is C9H18NO3S+. The van der Waals surface area contributed by atoms with E-state index in [9.17, 15) is 13.5 Å². The van der Waals surface area contributed by atoms with Crippen LogP contribution < -0.4 is 4.90 Å². The molecule has 0 bridgehead atoms. The number of rotatable bonds is 1. The number of piperidine rings is 1. The summed E-state index contributed by atoms with van der Waals surface area (Å²) in [4.78, 5) is 1.30. The molecule has 0 amide bonds. The summed E-state index contributed by atoms with van der Waals surface area (Å²) >= 11 is 0. The second-order valence-electron chi connectivity index (χ2n) is 4.47. The van der Waals surface area contributed by atoms with Gasteiger partial charge >= 0.3 is 0 Å². The summed E-state index contributed by atoms with van der Waals surface area (Å²) in [7, 11) is -2.96. The Hall–Kier alpha value is -0.130. The summed E-state index contributed by atoms with van der Waals surface area (Å²) < 4.78 is 22.6. The third-order valence-corrected chi connectivity index (χ3v) is 5.06. The van der Waals surface area contributed by atoms with Gasteiger partial charge in [-0.15, -0.1) is 0 Å². The maximum absolute atomic E-state index is 11.3. The van der Waals surface area contributed by atoms with Gasteiger partial charge in [-0.05, 0) is 19.3 Å². The van der Waals surface area contributed by atoms with Gasteiger partial charge in [-0.25, -0.2) is 8.42 Å². The van der Waals surface area contributed by atoms with Gasteiger partial charge in [0.1, 0.15) is 17.9 Å². The smallest absolute Gasteiger partial charge is 0.159 e. The first kappa shape index (κ1) is 10.4. The summed E-state index contributed by atoms with van der Waals surface area (Å²) in [5, 5.41) is 9.68. The fourth-order valence-electron chi connectivity index (χ4n) is 2.60. The molecule has 0 radical (unpaired) electrons. The van der Waals surface area contributed by atoms with Crippen molar-refractivity contribution in [3.05, 3.63) is 0 Å². The first-order valence-electron chi connectivity index (χ1n) is 5.31. The first-order chi connectivity index (χ1) is 6.58. The van der Waals surface area contributed by atoms with Gasteiger partial charge in [-0.2, -0.15) is 0 Å². The fraction of sp³-hybridized carbons (Fsp3) is 1.00. The van der Waals surface area contributed by atoms with Crippen molar-refractivity contribution in [3.8, 4) is 0 Å². The Morgan fingerprint density at radius 1 is 1.07 bits per heavy atom. The van der Waals surface area contributed by atoms with Gasteiger partial charge in [0.15, 0.2) is 9.84 Å². The molecule has 4 nitrogen and oxygen atoms in total. The number of hydrogen-bond acceptors (Lipinski definition) is 3. The molecule has 0 aromatic heterocycles. The van der Waals surface area contributed by atoms with Gasteiger partial charge in [0.25, 0.3) is 0 Å². The minimum Gasteiger partial charge on any atom is -0.386 e. The van der Waals surface area contributed by atoms with E-state index in [1.54, 1.807) is 0 Å². The normalized spacial score (nSPS) is 38.6. The monoisotopic (exact) mass is 220 g/mol. The lowest BCUT2D eigenvalue weighted by atomic mass is 10.1. The highest BCUT2D eigenvalue weighted by Gasteiger charge is 2.43. The van der Waals surface area contributed by atoms with Crippen LogP contribution in [0, 0.1) is 0 Å². The van der Waals surface area contributed by atoms with Crippen molar-refractivity contribution in [1.29, 1.82) is 0 Å². The number of nitrogens with one attached hydrogen (secondary N) is 1. The van der Waals surface area contributed by atoms with Crippen molar-refractivity contribution < 1.29 is 18.4 Å². The average molecular weight is 220 g/mol. The number of quaternary nitrogens is 1. The quantitative estimate of drug-likeness (QED) is 0.549. The van der Waals surface area contributed by atoms with Crippen LogP contribution in [0.25, 0.3) is 0 Å². The van der Waals surface area contributed by atoms with E-state index in [4.69, 9.17) is 0 Å². The Bertz CT molecular complexity index is 295. The van der Waals surface area contributed by atoms with E-state index in [0.29, 0.717) is 0 Å². The molecule has 0 unspecified atom stereocenters. The number of likely N-dealkylation sites (tertiary alicyclic amines) is 1. The Kier molecular flexibility index (Phi) is 2.81. The van der Waals surface area contributed by atoms with Crippen molar-refractivity contribution in [2.24, 2.45) is 0 Å². The van der Waals surface area contributed by atoms with E-state index in [1.807, 2.05) is 0 Å². The largest absolute Gasteiger partial charge is 0.386 e. The molecule has 2 aliphatic rings. The molecular weight excluding hydrogens is 202 g/mol.